The van der Waals surface area contributed by atoms with E-state index in [0.29, 0.717) is 17.4 Å². The second-order valence-corrected chi connectivity index (χ2v) is 9.74. The molecule has 1 aliphatic heterocycles. The molecular weight excluding hydrogens is 514 g/mol. The normalized spacial score (nSPS) is 16.1. The van der Waals surface area contributed by atoms with Gasteiger partial charge < -0.3 is 10.1 Å². The number of aliphatic imine (C=N–C) groups is 1. The van der Waals surface area contributed by atoms with Gasteiger partial charge in [-0.3, -0.25) is 14.6 Å². The Hall–Kier alpha value is -3.10. The number of carbonyl (C=O) groups excluding carboxylic acids is 2. The molecule has 3 aromatic carbocycles. The number of imide groups is 1. The molecule has 1 atom stereocenters. The topological polar surface area (TPSA) is 71.0 Å². The fourth-order valence-corrected chi connectivity index (χ4v) is 4.83. The van der Waals surface area contributed by atoms with Gasteiger partial charge in [0.05, 0.1) is 12.8 Å². The molecule has 0 spiro atoms. The van der Waals surface area contributed by atoms with E-state index in [1.165, 1.54) is 16.7 Å². The molecule has 0 aliphatic carbocycles. The molecule has 6 nitrogen and oxygen atoms in total. The summed E-state index contributed by atoms with van der Waals surface area (Å²) in [4.78, 5) is 31.8. The number of carbonyl (C=O) groups is 2. The van der Waals surface area contributed by atoms with E-state index in [1.54, 1.807) is 19.2 Å². The van der Waals surface area contributed by atoms with Crippen LogP contribution in [-0.4, -0.2) is 35.9 Å². The van der Waals surface area contributed by atoms with Gasteiger partial charge in [0, 0.05) is 23.1 Å². The Morgan fingerprint density at radius 2 is 1.76 bits per heavy atom. The van der Waals surface area contributed by atoms with Gasteiger partial charge in [-0.2, -0.15) is 0 Å². The zero-order valence-corrected chi connectivity index (χ0v) is 21.0. The molecule has 0 bridgehead atoms. The molecule has 0 saturated carbocycles. The van der Waals surface area contributed by atoms with Crippen LogP contribution < -0.4 is 15.0 Å². The number of amidine groups is 1. The number of ether oxygens (including phenoxy) is 1. The van der Waals surface area contributed by atoms with Crippen LogP contribution in [0.25, 0.3) is 0 Å². The highest BCUT2D eigenvalue weighted by Gasteiger charge is 2.40. The van der Waals surface area contributed by atoms with Crippen LogP contribution in [-0.2, 0) is 16.0 Å². The van der Waals surface area contributed by atoms with Crippen molar-refractivity contribution in [3.8, 4) is 5.75 Å². The van der Waals surface area contributed by atoms with Crippen LogP contribution in [0, 0.1) is 0 Å². The minimum Gasteiger partial charge on any atom is -0.497 e. The van der Waals surface area contributed by atoms with Crippen LogP contribution in [0.3, 0.4) is 0 Å². The number of thioether (sulfide) groups is 1. The Bertz CT molecular complexity index is 1170. The number of hydrogen-bond donors (Lipinski definition) is 1. The van der Waals surface area contributed by atoms with E-state index in [0.717, 1.165) is 27.9 Å². The fourth-order valence-electron chi connectivity index (χ4n) is 3.52. The van der Waals surface area contributed by atoms with Crippen LogP contribution in [0.2, 0.25) is 0 Å². The summed E-state index contributed by atoms with van der Waals surface area (Å²) in [6.45, 7) is 0.541. The lowest BCUT2D eigenvalue weighted by atomic mass is 10.1. The fraction of sp³-hybridized carbons (Fsp3) is 0.192. The third-order valence-corrected chi connectivity index (χ3v) is 6.92. The molecule has 1 aliphatic rings. The van der Waals surface area contributed by atoms with E-state index < -0.39 is 5.25 Å². The van der Waals surface area contributed by atoms with Crippen molar-refractivity contribution in [2.45, 2.75) is 18.1 Å². The molecule has 174 valence electrons. The molecule has 34 heavy (non-hydrogen) atoms. The number of hydrogen-bond acceptors (Lipinski definition) is 5. The van der Waals surface area contributed by atoms with Crippen LogP contribution in [0.15, 0.2) is 88.3 Å². The number of rotatable bonds is 7. The third-order valence-electron chi connectivity index (χ3n) is 5.28. The monoisotopic (exact) mass is 537 g/mol. The van der Waals surface area contributed by atoms with Crippen molar-refractivity contribution in [3.63, 3.8) is 0 Å². The third kappa shape index (κ3) is 6.07. The molecule has 1 heterocycles. The number of halogens is 1. The molecule has 4 rings (SSSR count). The predicted octanol–water partition coefficient (Wildman–Crippen LogP) is 5.53. The summed E-state index contributed by atoms with van der Waals surface area (Å²) in [7, 11) is 1.64. The average molecular weight is 538 g/mol. The number of para-hydroxylation sites is 1. The van der Waals surface area contributed by atoms with Crippen molar-refractivity contribution in [2.75, 3.05) is 23.9 Å². The molecular formula is C26H24BrN3O3S. The Labute approximate surface area is 211 Å². The number of nitrogens with zero attached hydrogens (tertiary/aromatic N) is 2. The zero-order valence-electron chi connectivity index (χ0n) is 18.6. The number of nitrogens with one attached hydrogen (secondary N) is 1. The van der Waals surface area contributed by atoms with E-state index >= 15 is 0 Å². The van der Waals surface area contributed by atoms with Gasteiger partial charge in [-0.15, -0.1) is 0 Å². The standard InChI is InChI=1S/C26H24BrN3O3S/c1-33-22-13-7-18(8-14-22)15-16-28-26(29-20-5-3-2-4-6-20)34-23-17-24(31)30(25(23)32)21-11-9-19(27)10-12-21/h2-14,23H,15-17H2,1H3,(H,28,29)/t23-/m0/s1. The van der Waals surface area contributed by atoms with Gasteiger partial charge in [0.1, 0.15) is 11.0 Å². The van der Waals surface area contributed by atoms with Crippen molar-refractivity contribution < 1.29 is 14.3 Å². The largest absolute Gasteiger partial charge is 0.497 e. The lowest BCUT2D eigenvalue weighted by Crippen LogP contribution is -2.31. The summed E-state index contributed by atoms with van der Waals surface area (Å²) in [5, 5.41) is 3.39. The van der Waals surface area contributed by atoms with E-state index in [9.17, 15) is 9.59 Å². The molecule has 0 radical (unpaired) electrons. The van der Waals surface area contributed by atoms with Gasteiger partial charge in [0.15, 0.2) is 5.17 Å². The smallest absolute Gasteiger partial charge is 0.247 e. The SMILES string of the molecule is COc1ccc(CCN=C(Nc2ccccc2)S[C@H]2CC(=O)N(c3ccc(Br)cc3)C2=O)cc1. The predicted molar refractivity (Wildman–Crippen MR) is 142 cm³/mol. The van der Waals surface area contributed by atoms with Crippen LogP contribution in [0.5, 0.6) is 5.75 Å². The van der Waals surface area contributed by atoms with Gasteiger partial charge >= 0.3 is 0 Å². The Balaban J connectivity index is 1.48. The van der Waals surface area contributed by atoms with Gasteiger partial charge in [0.2, 0.25) is 11.8 Å². The van der Waals surface area contributed by atoms with Gasteiger partial charge in [0.25, 0.3) is 0 Å². The van der Waals surface area contributed by atoms with Crippen molar-refractivity contribution in [3.05, 3.63) is 88.9 Å². The van der Waals surface area contributed by atoms with Gasteiger partial charge in [-0.1, -0.05) is 58.0 Å². The first-order valence-electron chi connectivity index (χ1n) is 10.8. The van der Waals surface area contributed by atoms with Crippen molar-refractivity contribution in [2.24, 2.45) is 4.99 Å². The molecule has 3 aromatic rings. The molecule has 1 fully saturated rings. The van der Waals surface area contributed by atoms with Gasteiger partial charge in [-0.25, -0.2) is 4.90 Å². The lowest BCUT2D eigenvalue weighted by Gasteiger charge is -2.16. The van der Waals surface area contributed by atoms with E-state index in [-0.39, 0.29) is 18.2 Å². The Morgan fingerprint density at radius 1 is 1.06 bits per heavy atom. The second-order valence-electron chi connectivity index (χ2n) is 7.63. The second kappa shape index (κ2) is 11.4. The minimum atomic E-state index is -0.535. The average Bonchev–Trinajstić information content (AvgIpc) is 3.13. The van der Waals surface area contributed by atoms with Crippen molar-refractivity contribution in [1.29, 1.82) is 0 Å². The number of amides is 2. The lowest BCUT2D eigenvalue weighted by molar-refractivity contribution is -0.121. The molecule has 2 amide bonds. The highest BCUT2D eigenvalue weighted by atomic mass is 79.9. The zero-order chi connectivity index (χ0) is 23.9. The first kappa shape index (κ1) is 24.0. The van der Waals surface area contributed by atoms with Crippen LogP contribution in [0.4, 0.5) is 11.4 Å². The first-order chi connectivity index (χ1) is 16.5. The molecule has 8 heteroatoms. The Morgan fingerprint density at radius 3 is 2.44 bits per heavy atom. The van der Waals surface area contributed by atoms with E-state index in [1.807, 2.05) is 66.7 Å². The first-order valence-corrected chi connectivity index (χ1v) is 12.5. The number of anilines is 2. The number of methoxy groups -OCH3 is 1. The molecule has 1 N–H and O–H groups in total. The molecule has 0 unspecified atom stereocenters. The molecule has 0 aromatic heterocycles. The van der Waals surface area contributed by atoms with E-state index in [2.05, 4.69) is 21.2 Å². The summed E-state index contributed by atoms with van der Waals surface area (Å²) >= 11 is 4.69. The van der Waals surface area contributed by atoms with Crippen LogP contribution in [0.1, 0.15) is 12.0 Å². The highest BCUT2D eigenvalue weighted by Crippen LogP contribution is 2.31. The summed E-state index contributed by atoms with van der Waals surface area (Å²) in [6.07, 6.45) is 0.876. The van der Waals surface area contributed by atoms with Crippen LogP contribution >= 0.6 is 27.7 Å². The summed E-state index contributed by atoms with van der Waals surface area (Å²) in [5.74, 6) is 0.381. The number of benzene rings is 3. The Kier molecular flexibility index (Phi) is 8.03. The van der Waals surface area contributed by atoms with Crippen molar-refractivity contribution in [1.82, 2.24) is 0 Å². The minimum absolute atomic E-state index is 0.132. The van der Waals surface area contributed by atoms with Gasteiger partial charge in [-0.05, 0) is 60.5 Å². The van der Waals surface area contributed by atoms with Crippen molar-refractivity contribution >= 4 is 56.0 Å². The van der Waals surface area contributed by atoms with E-state index in [4.69, 9.17) is 9.73 Å². The summed E-state index contributed by atoms with van der Waals surface area (Å²) < 4.78 is 6.10. The quantitative estimate of drug-likeness (QED) is 0.243. The maximum atomic E-state index is 13.1. The summed E-state index contributed by atoms with van der Waals surface area (Å²) in [6, 6.07) is 24.7. The maximum absolute atomic E-state index is 13.1. The summed E-state index contributed by atoms with van der Waals surface area (Å²) in [5.41, 5.74) is 2.59. The molecule has 1 saturated heterocycles. The maximum Gasteiger partial charge on any atom is 0.247 e. The highest BCUT2D eigenvalue weighted by molar-refractivity contribution is 9.10.